The van der Waals surface area contributed by atoms with Gasteiger partial charge in [-0.1, -0.05) is 64.4 Å². The van der Waals surface area contributed by atoms with Crippen molar-refractivity contribution in [3.8, 4) is 0 Å². The van der Waals surface area contributed by atoms with Gasteiger partial charge in [-0.05, 0) is 67.9 Å². The molecule has 4 aliphatic rings. The summed E-state index contributed by atoms with van der Waals surface area (Å²) >= 11 is 0. The first-order valence-electron chi connectivity index (χ1n) is 14.4. The second-order valence-corrected chi connectivity index (χ2v) is 12.8. The van der Waals surface area contributed by atoms with Crippen molar-refractivity contribution in [2.75, 3.05) is 6.54 Å². The molecule has 0 unspecified atom stereocenters. The van der Waals surface area contributed by atoms with Crippen molar-refractivity contribution in [3.63, 3.8) is 0 Å². The number of carbonyl (C=O) groups excluding carboxylic acids is 2. The molecule has 1 aliphatic heterocycles. The molecule has 1 saturated heterocycles. The first kappa shape index (κ1) is 29.1. The fraction of sp³-hybridized carbons (Fsp3) is 0.724. The molecule has 4 fully saturated rings. The normalized spacial score (nSPS) is 29.7. The maximum absolute atomic E-state index is 13.7. The third-order valence-corrected chi connectivity index (χ3v) is 9.51. The number of amides is 2. The van der Waals surface area contributed by atoms with E-state index < -0.39 is 19.2 Å². The van der Waals surface area contributed by atoms with E-state index in [-0.39, 0.29) is 40.8 Å². The molecule has 7 atom stereocenters. The van der Waals surface area contributed by atoms with E-state index in [2.05, 4.69) is 45.3 Å². The second kappa shape index (κ2) is 11.7. The first-order chi connectivity index (χ1) is 18.0. The molecule has 38 heavy (non-hydrogen) atoms. The molecular weight excluding hydrogens is 479 g/mol. The maximum Gasteiger partial charge on any atom is 0.481 e. The molecule has 8 nitrogen and oxygen atoms in total. The molecular formula is C29H47BN4O4. The van der Waals surface area contributed by atoms with E-state index in [9.17, 15) is 9.59 Å². The van der Waals surface area contributed by atoms with Crippen LogP contribution in [0.5, 0.6) is 0 Å². The van der Waals surface area contributed by atoms with Crippen molar-refractivity contribution in [1.82, 2.24) is 10.6 Å². The smallest absolute Gasteiger partial charge is 0.404 e. The van der Waals surface area contributed by atoms with E-state index in [1.807, 2.05) is 30.3 Å². The van der Waals surface area contributed by atoms with Gasteiger partial charge in [0.2, 0.25) is 11.8 Å². The molecule has 1 heterocycles. The van der Waals surface area contributed by atoms with E-state index in [0.29, 0.717) is 31.2 Å². The van der Waals surface area contributed by atoms with Gasteiger partial charge in [-0.2, -0.15) is 0 Å². The number of benzene rings is 1. The standard InChI is InChI=1S/C29H47BN4O4/c1-18(2)25(30-37-24-17-20-16-23(28(20,3)4)29(24,5)38-30)34-27(36)22(15-19-11-7-6-8-12-19)33-26(35)21(32)13-9-10-14-31/h6-8,11-12,18,20-25H,9-10,13-17,31-32H2,1-5H3,(H,33,35)(H,34,36)/t20-,21+,22+,23-,24+,25+,29-/m1/s1. The van der Waals surface area contributed by atoms with Crippen molar-refractivity contribution in [2.45, 2.75) is 103 Å². The average molecular weight is 527 g/mol. The van der Waals surface area contributed by atoms with E-state index in [1.54, 1.807) is 0 Å². The third kappa shape index (κ3) is 5.81. The van der Waals surface area contributed by atoms with E-state index in [0.717, 1.165) is 24.8 Å². The lowest BCUT2D eigenvalue weighted by Crippen LogP contribution is -2.65. The lowest BCUT2D eigenvalue weighted by molar-refractivity contribution is -0.199. The van der Waals surface area contributed by atoms with Gasteiger partial charge in [-0.15, -0.1) is 0 Å². The van der Waals surface area contributed by atoms with Gasteiger partial charge in [0.15, 0.2) is 0 Å². The van der Waals surface area contributed by atoms with Crippen LogP contribution in [0.25, 0.3) is 0 Å². The number of hydrogen-bond donors (Lipinski definition) is 4. The predicted molar refractivity (Wildman–Crippen MR) is 150 cm³/mol. The van der Waals surface area contributed by atoms with Crippen LogP contribution >= 0.6 is 0 Å². The number of nitrogens with two attached hydrogens (primary N) is 2. The zero-order valence-corrected chi connectivity index (χ0v) is 23.7. The van der Waals surface area contributed by atoms with Crippen LogP contribution in [0.2, 0.25) is 0 Å². The Labute approximate surface area is 228 Å². The molecule has 1 aromatic carbocycles. The molecule has 0 spiro atoms. The Balaban J connectivity index is 1.46. The Bertz CT molecular complexity index is 977. The fourth-order valence-electron chi connectivity index (χ4n) is 6.84. The molecule has 210 valence electrons. The van der Waals surface area contributed by atoms with Crippen molar-refractivity contribution >= 4 is 18.9 Å². The predicted octanol–water partition coefficient (Wildman–Crippen LogP) is 2.58. The summed E-state index contributed by atoms with van der Waals surface area (Å²) in [5, 5.41) is 6.11. The van der Waals surface area contributed by atoms with E-state index >= 15 is 0 Å². The van der Waals surface area contributed by atoms with Crippen LogP contribution in [0, 0.1) is 23.2 Å². The summed E-state index contributed by atoms with van der Waals surface area (Å²) < 4.78 is 13.2. The molecule has 3 aliphatic carbocycles. The van der Waals surface area contributed by atoms with Gasteiger partial charge in [0.1, 0.15) is 6.04 Å². The highest BCUT2D eigenvalue weighted by molar-refractivity contribution is 6.48. The Morgan fingerprint density at radius 3 is 2.42 bits per heavy atom. The number of hydrogen-bond acceptors (Lipinski definition) is 6. The highest BCUT2D eigenvalue weighted by Gasteiger charge is 2.68. The summed E-state index contributed by atoms with van der Waals surface area (Å²) in [6.45, 7) is 11.5. The van der Waals surface area contributed by atoms with Crippen LogP contribution in [0.3, 0.4) is 0 Å². The van der Waals surface area contributed by atoms with Gasteiger partial charge >= 0.3 is 7.12 Å². The van der Waals surface area contributed by atoms with Crippen LogP contribution in [0.15, 0.2) is 30.3 Å². The minimum Gasteiger partial charge on any atom is -0.404 e. The van der Waals surface area contributed by atoms with Crippen molar-refractivity contribution in [2.24, 2.45) is 34.6 Å². The molecule has 2 bridgehead atoms. The number of nitrogens with one attached hydrogen (secondary N) is 2. The lowest BCUT2D eigenvalue weighted by Gasteiger charge is -2.64. The molecule has 0 aromatic heterocycles. The Morgan fingerprint density at radius 2 is 1.79 bits per heavy atom. The minimum atomic E-state index is -0.766. The van der Waals surface area contributed by atoms with Gasteiger partial charge in [0.05, 0.1) is 23.7 Å². The Morgan fingerprint density at radius 1 is 1.08 bits per heavy atom. The molecule has 6 N–H and O–H groups in total. The maximum atomic E-state index is 13.7. The summed E-state index contributed by atoms with van der Waals surface area (Å²) in [4.78, 5) is 26.6. The Hall–Kier alpha value is -1.94. The molecule has 2 amide bonds. The van der Waals surface area contributed by atoms with Gasteiger partial charge in [0, 0.05) is 6.42 Å². The highest BCUT2D eigenvalue weighted by Crippen LogP contribution is 2.65. The van der Waals surface area contributed by atoms with Gasteiger partial charge < -0.3 is 31.4 Å². The second-order valence-electron chi connectivity index (χ2n) is 12.8. The van der Waals surface area contributed by atoms with Gasteiger partial charge in [0.25, 0.3) is 0 Å². The number of carbonyl (C=O) groups is 2. The van der Waals surface area contributed by atoms with Crippen LogP contribution in [-0.4, -0.2) is 55.2 Å². The zero-order valence-electron chi connectivity index (χ0n) is 23.7. The van der Waals surface area contributed by atoms with Crippen molar-refractivity contribution in [1.29, 1.82) is 0 Å². The molecule has 3 saturated carbocycles. The zero-order chi connectivity index (χ0) is 27.7. The average Bonchev–Trinajstić information content (AvgIpc) is 3.23. The molecule has 1 aromatic rings. The largest absolute Gasteiger partial charge is 0.481 e. The summed E-state index contributed by atoms with van der Waals surface area (Å²) in [7, 11) is -0.532. The van der Waals surface area contributed by atoms with Crippen molar-refractivity contribution in [3.05, 3.63) is 35.9 Å². The van der Waals surface area contributed by atoms with E-state index in [4.69, 9.17) is 20.8 Å². The summed E-state index contributed by atoms with van der Waals surface area (Å²) in [6.07, 6.45) is 4.67. The summed E-state index contributed by atoms with van der Waals surface area (Å²) in [5.74, 6) is 0.235. The molecule has 9 heteroatoms. The van der Waals surface area contributed by atoms with Crippen molar-refractivity contribution < 1.29 is 18.9 Å². The topological polar surface area (TPSA) is 129 Å². The van der Waals surface area contributed by atoms with Crippen LogP contribution in [-0.2, 0) is 25.3 Å². The molecule has 0 radical (unpaired) electrons. The molecule has 5 rings (SSSR count). The third-order valence-electron chi connectivity index (χ3n) is 9.51. The summed E-state index contributed by atoms with van der Waals surface area (Å²) in [5.41, 5.74) is 12.6. The van der Waals surface area contributed by atoms with Gasteiger partial charge in [-0.3, -0.25) is 9.59 Å². The lowest BCUT2D eigenvalue weighted by atomic mass is 9.43. The first-order valence-corrected chi connectivity index (χ1v) is 14.4. The van der Waals surface area contributed by atoms with E-state index in [1.165, 1.54) is 6.42 Å². The van der Waals surface area contributed by atoms with Crippen LogP contribution in [0.4, 0.5) is 0 Å². The SMILES string of the molecule is CC(C)[C@H](NC(=O)[C@H](Cc1ccccc1)NC(=O)[C@@H](N)CCCCN)B1O[C@H]2C[C@H]3C[C@H](C3(C)C)[C@@]2(C)O1. The monoisotopic (exact) mass is 526 g/mol. The Kier molecular flexibility index (Phi) is 8.92. The van der Waals surface area contributed by atoms with Crippen LogP contribution < -0.4 is 22.1 Å². The minimum absolute atomic E-state index is 0.0359. The quantitative estimate of drug-likeness (QED) is 0.245. The van der Waals surface area contributed by atoms with Gasteiger partial charge in [-0.25, -0.2) is 0 Å². The highest BCUT2D eigenvalue weighted by atomic mass is 16.7. The fourth-order valence-corrected chi connectivity index (χ4v) is 6.84. The number of rotatable bonds is 12. The number of unbranched alkanes of at least 4 members (excludes halogenated alkanes) is 1. The summed E-state index contributed by atoms with van der Waals surface area (Å²) in [6, 6.07) is 8.24. The van der Waals surface area contributed by atoms with Crippen LogP contribution in [0.1, 0.15) is 72.3 Å².